The molecule has 244 valence electrons. The molecule has 3 amide bonds. The maximum absolute atomic E-state index is 13.7. The van der Waals surface area contributed by atoms with E-state index in [-0.39, 0.29) is 42.4 Å². The number of alkyl carbamates (subject to hydrolysis) is 1. The van der Waals surface area contributed by atoms with Crippen molar-refractivity contribution in [1.82, 2.24) is 16.0 Å². The minimum atomic E-state index is -1.31. The summed E-state index contributed by atoms with van der Waals surface area (Å²) in [4.78, 5) is 64.0. The summed E-state index contributed by atoms with van der Waals surface area (Å²) in [6.07, 6.45) is -0.812. The van der Waals surface area contributed by atoms with Crippen molar-refractivity contribution in [1.29, 1.82) is 0 Å². The van der Waals surface area contributed by atoms with E-state index in [1.54, 1.807) is 39.0 Å². The fourth-order valence-electron chi connectivity index (χ4n) is 4.68. The van der Waals surface area contributed by atoms with Crippen molar-refractivity contribution in [3.8, 4) is 17.2 Å². The number of nitro benzene ring substituents is 1. The molecule has 2 heterocycles. The highest BCUT2D eigenvalue weighted by atomic mass is 16.6. The number of esters is 1. The van der Waals surface area contributed by atoms with Crippen LogP contribution in [0.5, 0.6) is 17.2 Å². The quantitative estimate of drug-likeness (QED) is 0.222. The molecule has 3 atom stereocenters. The Labute approximate surface area is 261 Å². The Hall–Kier alpha value is -4.88. The number of amides is 3. The van der Waals surface area contributed by atoms with Crippen LogP contribution < -0.4 is 25.4 Å². The van der Waals surface area contributed by atoms with Crippen LogP contribution in [0.1, 0.15) is 52.2 Å². The van der Waals surface area contributed by atoms with Gasteiger partial charge >= 0.3 is 17.7 Å². The molecule has 14 heteroatoms. The molecule has 2 aliphatic rings. The first-order valence-corrected chi connectivity index (χ1v) is 14.4. The highest BCUT2D eigenvalue weighted by Gasteiger charge is 2.33. The minimum absolute atomic E-state index is 0.0261. The molecule has 2 aromatic carbocycles. The lowest BCUT2D eigenvalue weighted by atomic mass is 9.99. The molecule has 0 aromatic heterocycles. The molecular weight excluding hydrogens is 588 g/mol. The lowest BCUT2D eigenvalue weighted by Crippen LogP contribution is -2.57. The molecule has 0 saturated heterocycles. The highest BCUT2D eigenvalue weighted by Crippen LogP contribution is 2.38. The standard InChI is InChI=1S/C31H40N4O10/c1-17(2)12-20(34-30(39)45-31(3,4)5)27(36)32-21-13-18-8-10-24(23(15-18)35(40)41)44-26-16-19(9-11-25(26)42-6)14-22(29(38)43-7)33-28(21)37/h8-11,15-17,20-22H,12-14H2,1-7H3,(H,32,36)(H,33,37)(H,34,39)/t20-,21+,22-/m0/s1. The average molecular weight is 629 g/mol. The Morgan fingerprint density at radius 2 is 1.73 bits per heavy atom. The van der Waals surface area contributed by atoms with E-state index in [1.807, 2.05) is 13.8 Å². The zero-order valence-corrected chi connectivity index (χ0v) is 26.4. The van der Waals surface area contributed by atoms with Crippen LogP contribution in [0, 0.1) is 16.0 Å². The molecule has 0 spiro atoms. The van der Waals surface area contributed by atoms with Crippen molar-refractivity contribution in [2.24, 2.45) is 5.92 Å². The first-order chi connectivity index (χ1) is 21.1. The highest BCUT2D eigenvalue weighted by molar-refractivity contribution is 5.93. The fraction of sp³-hybridized carbons (Fsp3) is 0.484. The number of nitrogens with zero attached hydrogens (tertiary/aromatic N) is 1. The number of hydrogen-bond acceptors (Lipinski definition) is 10. The molecular formula is C31H40N4O10. The molecule has 0 unspecified atom stereocenters. The van der Waals surface area contributed by atoms with Gasteiger partial charge in [0.25, 0.3) is 0 Å². The predicted molar refractivity (Wildman–Crippen MR) is 162 cm³/mol. The second kappa shape index (κ2) is 14.7. The summed E-state index contributed by atoms with van der Waals surface area (Å²) in [6.45, 7) is 8.77. The molecule has 0 radical (unpaired) electrons. The largest absolute Gasteiger partial charge is 0.493 e. The maximum Gasteiger partial charge on any atom is 0.408 e. The third kappa shape index (κ3) is 9.81. The van der Waals surface area contributed by atoms with Crippen LogP contribution in [0.2, 0.25) is 0 Å². The van der Waals surface area contributed by atoms with Gasteiger partial charge in [0.2, 0.25) is 17.6 Å². The van der Waals surface area contributed by atoms with E-state index in [0.717, 1.165) is 0 Å². The average Bonchev–Trinajstić information content (AvgIpc) is 2.94. The molecule has 0 saturated carbocycles. The van der Waals surface area contributed by atoms with E-state index in [9.17, 15) is 29.3 Å². The molecule has 3 N–H and O–H groups in total. The Balaban J connectivity index is 2.05. The summed E-state index contributed by atoms with van der Waals surface area (Å²) in [5, 5.41) is 19.9. The maximum atomic E-state index is 13.7. The second-order valence-corrected chi connectivity index (χ2v) is 12.0. The summed E-state index contributed by atoms with van der Waals surface area (Å²) < 4.78 is 21.5. The molecule has 0 fully saturated rings. The Bertz CT molecular complexity index is 1440. The Morgan fingerprint density at radius 1 is 1.07 bits per heavy atom. The zero-order chi connectivity index (χ0) is 33.5. The number of nitrogens with one attached hydrogen (secondary N) is 3. The van der Waals surface area contributed by atoms with Gasteiger partial charge in [-0.1, -0.05) is 26.0 Å². The zero-order valence-electron chi connectivity index (χ0n) is 26.4. The fourth-order valence-corrected chi connectivity index (χ4v) is 4.68. The number of hydrogen-bond donors (Lipinski definition) is 3. The molecule has 14 nitrogen and oxygen atoms in total. The van der Waals surface area contributed by atoms with Crippen LogP contribution in [-0.4, -0.2) is 66.7 Å². The van der Waals surface area contributed by atoms with Crippen molar-refractivity contribution in [2.75, 3.05) is 14.2 Å². The first kappa shape index (κ1) is 34.6. The first-order valence-electron chi connectivity index (χ1n) is 14.4. The predicted octanol–water partition coefficient (Wildman–Crippen LogP) is 3.58. The van der Waals surface area contributed by atoms with E-state index in [0.29, 0.717) is 16.9 Å². The number of carbonyl (C=O) groups is 4. The molecule has 4 rings (SSSR count). The third-order valence-electron chi connectivity index (χ3n) is 6.70. The second-order valence-electron chi connectivity index (χ2n) is 12.0. The topological polar surface area (TPSA) is 184 Å². The number of nitro groups is 1. The lowest BCUT2D eigenvalue weighted by molar-refractivity contribution is -0.385. The van der Waals surface area contributed by atoms with E-state index in [2.05, 4.69) is 16.0 Å². The van der Waals surface area contributed by atoms with Gasteiger partial charge in [-0.25, -0.2) is 9.59 Å². The van der Waals surface area contributed by atoms with E-state index < -0.39 is 52.5 Å². The van der Waals surface area contributed by atoms with Crippen molar-refractivity contribution in [3.63, 3.8) is 0 Å². The van der Waals surface area contributed by atoms with Gasteiger partial charge in [-0.3, -0.25) is 19.7 Å². The summed E-state index contributed by atoms with van der Waals surface area (Å²) in [5.74, 6) is -1.81. The van der Waals surface area contributed by atoms with Crippen LogP contribution in [0.3, 0.4) is 0 Å². The van der Waals surface area contributed by atoms with Crippen LogP contribution in [-0.2, 0) is 36.7 Å². The van der Waals surface area contributed by atoms with Crippen LogP contribution in [0.4, 0.5) is 10.5 Å². The number of ether oxygens (including phenoxy) is 4. The summed E-state index contributed by atoms with van der Waals surface area (Å²) in [5.41, 5.74) is -0.342. The van der Waals surface area contributed by atoms with Crippen molar-refractivity contribution < 1.29 is 43.0 Å². The van der Waals surface area contributed by atoms with E-state index in [4.69, 9.17) is 18.9 Å². The van der Waals surface area contributed by atoms with Crippen molar-refractivity contribution in [2.45, 2.75) is 77.6 Å². The van der Waals surface area contributed by atoms with Gasteiger partial charge in [-0.2, -0.15) is 0 Å². The van der Waals surface area contributed by atoms with E-state index in [1.165, 1.54) is 32.4 Å². The van der Waals surface area contributed by atoms with Gasteiger partial charge in [-0.05, 0) is 62.4 Å². The minimum Gasteiger partial charge on any atom is -0.493 e. The smallest absolute Gasteiger partial charge is 0.408 e. The third-order valence-corrected chi connectivity index (χ3v) is 6.70. The van der Waals surface area contributed by atoms with Gasteiger partial charge < -0.3 is 34.9 Å². The van der Waals surface area contributed by atoms with Gasteiger partial charge in [0.05, 0.1) is 19.1 Å². The summed E-state index contributed by atoms with van der Waals surface area (Å²) in [7, 11) is 2.60. The monoisotopic (exact) mass is 628 g/mol. The SMILES string of the molecule is COC(=O)[C@@H]1Cc2ccc(OC)c(c2)Oc2ccc(cc2[N+](=O)[O-])C[C@@H](NC(=O)[C@H](CC(C)C)NC(=O)OC(C)(C)C)C(=O)N1. The number of methoxy groups -OCH3 is 2. The van der Waals surface area contributed by atoms with Crippen LogP contribution >= 0.6 is 0 Å². The van der Waals surface area contributed by atoms with E-state index >= 15 is 0 Å². The molecule has 4 bridgehead atoms. The van der Waals surface area contributed by atoms with Crippen LogP contribution in [0.15, 0.2) is 36.4 Å². The van der Waals surface area contributed by atoms with Gasteiger partial charge in [-0.15, -0.1) is 0 Å². The normalized spacial score (nSPS) is 17.2. The van der Waals surface area contributed by atoms with Gasteiger partial charge in [0.15, 0.2) is 11.5 Å². The Morgan fingerprint density at radius 3 is 2.33 bits per heavy atom. The number of benzene rings is 2. The molecule has 2 aliphatic heterocycles. The van der Waals surface area contributed by atoms with Gasteiger partial charge in [0.1, 0.15) is 23.7 Å². The van der Waals surface area contributed by atoms with Gasteiger partial charge in [0, 0.05) is 18.9 Å². The van der Waals surface area contributed by atoms with Crippen molar-refractivity contribution >= 4 is 29.6 Å². The lowest BCUT2D eigenvalue weighted by Gasteiger charge is -2.27. The van der Waals surface area contributed by atoms with Crippen LogP contribution in [0.25, 0.3) is 0 Å². The number of carbonyl (C=O) groups excluding carboxylic acids is 4. The molecule has 45 heavy (non-hydrogen) atoms. The molecule has 2 aromatic rings. The number of rotatable bonds is 8. The summed E-state index contributed by atoms with van der Waals surface area (Å²) in [6, 6.07) is 5.39. The summed E-state index contributed by atoms with van der Waals surface area (Å²) >= 11 is 0. The number of fused-ring (bicyclic) bond motifs is 7. The molecule has 0 aliphatic carbocycles. The van der Waals surface area contributed by atoms with Crippen molar-refractivity contribution in [3.05, 3.63) is 57.6 Å². The Kier molecular flexibility index (Phi) is 11.3.